The first kappa shape index (κ1) is 18.4. The van der Waals surface area contributed by atoms with Gasteiger partial charge in [0.2, 0.25) is 0 Å². The van der Waals surface area contributed by atoms with E-state index in [4.69, 9.17) is 4.74 Å². The minimum atomic E-state index is -0.136. The number of carbonyl (C=O) groups excluding carboxylic acids is 1. The Morgan fingerprint density at radius 2 is 2.00 bits per heavy atom. The van der Waals surface area contributed by atoms with Gasteiger partial charge in [-0.25, -0.2) is 4.68 Å². The van der Waals surface area contributed by atoms with Crippen molar-refractivity contribution in [2.75, 3.05) is 6.61 Å². The summed E-state index contributed by atoms with van der Waals surface area (Å²) < 4.78 is 7.50. The second-order valence-electron chi connectivity index (χ2n) is 6.74. The number of hydrogen-bond acceptors (Lipinski definition) is 5. The second-order valence-corrected chi connectivity index (χ2v) is 6.74. The molecule has 140 valence electrons. The summed E-state index contributed by atoms with van der Waals surface area (Å²) in [7, 11) is 0. The Labute approximate surface area is 154 Å². The van der Waals surface area contributed by atoms with Crippen LogP contribution >= 0.6 is 0 Å². The molecule has 1 heterocycles. The average molecular weight is 357 g/mol. The smallest absolute Gasteiger partial charge is 0.251 e. The van der Waals surface area contributed by atoms with Gasteiger partial charge in [-0.15, -0.1) is 5.10 Å². The molecule has 1 fully saturated rings. The molecule has 7 heteroatoms. The molecule has 0 radical (unpaired) electrons. The molecule has 1 aromatic heterocycles. The molecule has 2 aromatic rings. The zero-order valence-electron chi connectivity index (χ0n) is 15.4. The maximum Gasteiger partial charge on any atom is 0.251 e. The van der Waals surface area contributed by atoms with E-state index in [0.717, 1.165) is 31.4 Å². The molecule has 0 spiro atoms. The number of ether oxygens (including phenoxy) is 1. The number of carbonyl (C=O) groups is 1. The molecule has 1 aromatic carbocycles. The molecule has 0 atom stereocenters. The Morgan fingerprint density at radius 1 is 1.23 bits per heavy atom. The molecule has 0 aliphatic heterocycles. The van der Waals surface area contributed by atoms with E-state index >= 15 is 0 Å². The Kier molecular flexibility index (Phi) is 6.57. The number of aromatic nitrogens is 4. The fourth-order valence-corrected chi connectivity index (χ4v) is 3.24. The lowest BCUT2D eigenvalue weighted by molar-refractivity contribution is 0.0948. The maximum absolute atomic E-state index is 12.4. The topological polar surface area (TPSA) is 81.9 Å². The molecule has 1 aliphatic carbocycles. The number of nitrogens with one attached hydrogen (secondary N) is 1. The van der Waals surface area contributed by atoms with E-state index in [9.17, 15) is 4.79 Å². The summed E-state index contributed by atoms with van der Waals surface area (Å²) in [4.78, 5) is 12.4. The molecule has 0 bridgehead atoms. The summed E-state index contributed by atoms with van der Waals surface area (Å²) in [6.45, 7) is 3.16. The van der Waals surface area contributed by atoms with Gasteiger partial charge in [0.1, 0.15) is 5.75 Å². The van der Waals surface area contributed by atoms with Crippen LogP contribution in [0.1, 0.15) is 74.1 Å². The van der Waals surface area contributed by atoms with Crippen LogP contribution in [-0.4, -0.2) is 32.7 Å². The average Bonchev–Trinajstić information content (AvgIpc) is 3.16. The van der Waals surface area contributed by atoms with Gasteiger partial charge in [0.15, 0.2) is 5.82 Å². The molecule has 7 nitrogen and oxygen atoms in total. The molecular formula is C19H27N5O2. The highest BCUT2D eigenvalue weighted by Gasteiger charge is 2.20. The van der Waals surface area contributed by atoms with E-state index in [2.05, 4.69) is 27.8 Å². The van der Waals surface area contributed by atoms with Gasteiger partial charge in [0.25, 0.3) is 5.91 Å². The number of nitrogens with zero attached hydrogens (tertiary/aromatic N) is 4. The zero-order valence-corrected chi connectivity index (χ0v) is 15.4. The number of unbranched alkanes of at least 4 members (excludes halogenated alkanes) is 1. The zero-order chi connectivity index (χ0) is 18.2. The standard InChI is InChI=1S/C19H27N5O2/c1-2-3-13-26-17-11-9-15(10-12-17)19(25)20-14-18-21-22-23-24(18)16-7-5-4-6-8-16/h9-12,16H,2-8,13-14H2,1H3,(H,20,25). The minimum Gasteiger partial charge on any atom is -0.494 e. The normalized spacial score (nSPS) is 15.0. The lowest BCUT2D eigenvalue weighted by Crippen LogP contribution is -2.26. The van der Waals surface area contributed by atoms with E-state index in [1.807, 2.05) is 16.8 Å². The number of benzene rings is 1. The molecule has 26 heavy (non-hydrogen) atoms. The molecule has 1 aliphatic rings. The van der Waals surface area contributed by atoms with Crippen LogP contribution < -0.4 is 10.1 Å². The van der Waals surface area contributed by atoms with Crippen LogP contribution in [0.5, 0.6) is 5.75 Å². The number of tetrazole rings is 1. The lowest BCUT2D eigenvalue weighted by Gasteiger charge is -2.22. The summed E-state index contributed by atoms with van der Waals surface area (Å²) in [5.41, 5.74) is 0.601. The van der Waals surface area contributed by atoms with Crippen molar-refractivity contribution >= 4 is 5.91 Å². The van der Waals surface area contributed by atoms with Gasteiger partial charge in [-0.3, -0.25) is 4.79 Å². The summed E-state index contributed by atoms with van der Waals surface area (Å²) in [5.74, 6) is 1.37. The van der Waals surface area contributed by atoms with Crippen molar-refractivity contribution in [3.05, 3.63) is 35.7 Å². The van der Waals surface area contributed by atoms with Crippen molar-refractivity contribution in [1.82, 2.24) is 25.5 Å². The summed E-state index contributed by atoms with van der Waals surface area (Å²) in [6.07, 6.45) is 8.03. The summed E-state index contributed by atoms with van der Waals surface area (Å²) in [6, 6.07) is 7.57. The molecule has 0 unspecified atom stereocenters. The van der Waals surface area contributed by atoms with E-state index in [-0.39, 0.29) is 5.91 Å². The van der Waals surface area contributed by atoms with Crippen molar-refractivity contribution in [3.8, 4) is 5.75 Å². The van der Waals surface area contributed by atoms with Crippen molar-refractivity contribution in [3.63, 3.8) is 0 Å². The van der Waals surface area contributed by atoms with Gasteiger partial charge in [0.05, 0.1) is 19.2 Å². The van der Waals surface area contributed by atoms with Crippen LogP contribution in [-0.2, 0) is 6.54 Å². The highest BCUT2D eigenvalue weighted by atomic mass is 16.5. The highest BCUT2D eigenvalue weighted by molar-refractivity contribution is 5.94. The SMILES string of the molecule is CCCCOc1ccc(C(=O)NCc2nnnn2C2CCCCC2)cc1. The third-order valence-electron chi connectivity index (χ3n) is 4.77. The van der Waals surface area contributed by atoms with Crippen molar-refractivity contribution in [2.45, 2.75) is 64.5 Å². The van der Waals surface area contributed by atoms with Crippen LogP contribution in [0.3, 0.4) is 0 Å². The predicted molar refractivity (Wildman–Crippen MR) is 98.0 cm³/mol. The first-order valence-corrected chi connectivity index (χ1v) is 9.55. The van der Waals surface area contributed by atoms with E-state index in [1.165, 1.54) is 19.3 Å². The fourth-order valence-electron chi connectivity index (χ4n) is 3.24. The Balaban J connectivity index is 1.53. The van der Waals surface area contributed by atoms with Crippen LogP contribution in [0.15, 0.2) is 24.3 Å². The van der Waals surface area contributed by atoms with E-state index < -0.39 is 0 Å². The van der Waals surface area contributed by atoms with Gasteiger partial charge in [-0.2, -0.15) is 0 Å². The van der Waals surface area contributed by atoms with Crippen LogP contribution in [0.4, 0.5) is 0 Å². The summed E-state index contributed by atoms with van der Waals surface area (Å²) >= 11 is 0. The van der Waals surface area contributed by atoms with Crippen molar-refractivity contribution < 1.29 is 9.53 Å². The van der Waals surface area contributed by atoms with Crippen LogP contribution in [0.2, 0.25) is 0 Å². The molecule has 3 rings (SSSR count). The van der Waals surface area contributed by atoms with Gasteiger partial charge in [0, 0.05) is 5.56 Å². The highest BCUT2D eigenvalue weighted by Crippen LogP contribution is 2.27. The van der Waals surface area contributed by atoms with Gasteiger partial charge in [-0.05, 0) is 54.0 Å². The monoisotopic (exact) mass is 357 g/mol. The van der Waals surface area contributed by atoms with E-state index in [0.29, 0.717) is 30.6 Å². The largest absolute Gasteiger partial charge is 0.494 e. The van der Waals surface area contributed by atoms with Gasteiger partial charge in [-0.1, -0.05) is 32.6 Å². The van der Waals surface area contributed by atoms with Crippen LogP contribution in [0.25, 0.3) is 0 Å². The third kappa shape index (κ3) is 4.80. The first-order chi connectivity index (χ1) is 12.8. The van der Waals surface area contributed by atoms with E-state index in [1.54, 1.807) is 12.1 Å². The quantitative estimate of drug-likeness (QED) is 0.733. The molecule has 1 saturated carbocycles. The van der Waals surface area contributed by atoms with Gasteiger partial charge < -0.3 is 10.1 Å². The number of amides is 1. The number of hydrogen-bond donors (Lipinski definition) is 1. The van der Waals surface area contributed by atoms with Gasteiger partial charge >= 0.3 is 0 Å². The lowest BCUT2D eigenvalue weighted by atomic mass is 9.95. The molecule has 0 saturated heterocycles. The number of rotatable bonds is 8. The summed E-state index contributed by atoms with van der Waals surface area (Å²) in [5, 5.41) is 14.9. The van der Waals surface area contributed by atoms with Crippen LogP contribution in [0, 0.1) is 0 Å². The Morgan fingerprint density at radius 3 is 2.73 bits per heavy atom. The molecular weight excluding hydrogens is 330 g/mol. The third-order valence-corrected chi connectivity index (χ3v) is 4.77. The Bertz CT molecular complexity index is 692. The van der Waals surface area contributed by atoms with Crippen molar-refractivity contribution in [1.29, 1.82) is 0 Å². The molecule has 1 amide bonds. The predicted octanol–water partition coefficient (Wildman–Crippen LogP) is 3.29. The fraction of sp³-hybridized carbons (Fsp3) is 0.579. The minimum absolute atomic E-state index is 0.136. The maximum atomic E-state index is 12.4. The first-order valence-electron chi connectivity index (χ1n) is 9.55. The van der Waals surface area contributed by atoms with Crippen molar-refractivity contribution in [2.24, 2.45) is 0 Å². The Hall–Kier alpha value is -2.44. The molecule has 1 N–H and O–H groups in total. The second kappa shape index (κ2) is 9.31.